The predicted octanol–water partition coefficient (Wildman–Crippen LogP) is 0.913. The van der Waals surface area contributed by atoms with E-state index in [1.165, 1.54) is 0 Å². The fourth-order valence-corrected chi connectivity index (χ4v) is 5.77. The molecule has 13 heteroatoms. The number of benzene rings is 1. The average Bonchev–Trinajstić information content (AvgIpc) is 3.21. The van der Waals surface area contributed by atoms with Crippen molar-refractivity contribution in [3.8, 4) is 6.07 Å². The van der Waals surface area contributed by atoms with Gasteiger partial charge in [0.2, 0.25) is 5.91 Å². The molecule has 1 aliphatic heterocycles. The number of carboxylic acids is 1. The zero-order valence-electron chi connectivity index (χ0n) is 15.1. The topological polar surface area (TPSA) is 142 Å². The van der Waals surface area contributed by atoms with Crippen LogP contribution in [0.5, 0.6) is 0 Å². The Balaban J connectivity index is 1.99. The van der Waals surface area contributed by atoms with Crippen molar-refractivity contribution in [3.63, 3.8) is 0 Å². The minimum Gasteiger partial charge on any atom is -0.480 e. The van der Waals surface area contributed by atoms with Crippen LogP contribution < -0.4 is 5.73 Å². The number of alkyl halides is 3. The lowest BCUT2D eigenvalue weighted by Crippen LogP contribution is -2.42. The molecule has 1 heterocycles. The zero-order chi connectivity index (χ0) is 22.6. The lowest BCUT2D eigenvalue weighted by molar-refractivity contribution is -0.143. The highest BCUT2D eigenvalue weighted by atomic mass is 32.2. The second kappa shape index (κ2) is 6.92. The fraction of sp³-hybridized carbons (Fsp3) is 0.471. The quantitative estimate of drug-likeness (QED) is 0.503. The maximum absolute atomic E-state index is 13.3. The Morgan fingerprint density at radius 2 is 1.97 bits per heavy atom. The van der Waals surface area contributed by atoms with Crippen molar-refractivity contribution in [3.05, 3.63) is 29.6 Å². The number of carboxylic acid groups (broad SMARTS) is 1. The van der Waals surface area contributed by atoms with Gasteiger partial charge in [-0.3, -0.25) is 14.5 Å². The van der Waals surface area contributed by atoms with E-state index in [1.54, 1.807) is 6.07 Å². The van der Waals surface area contributed by atoms with Gasteiger partial charge >= 0.3 is 12.1 Å². The van der Waals surface area contributed by atoms with Crippen LogP contribution in [0.2, 0.25) is 0 Å². The standard InChI is InChI=1S/C17H15F4N3O5S/c18-8-1-2-12(10(3-8)17(19,20)21)30(28,29)9-4-11(14(25)26)24(6-9)13-5-16(13,7-22)15(23)27/h1-3,9,11,13H,4-6H2,(H2,23,27)(H,25,26)/t9-,11+,13?,16?/m1/s1. The molecule has 2 aliphatic rings. The molecule has 8 nitrogen and oxygen atoms in total. The number of aliphatic carboxylic acids is 1. The number of nitriles is 1. The van der Waals surface area contributed by atoms with Crippen molar-refractivity contribution in [2.75, 3.05) is 6.54 Å². The van der Waals surface area contributed by atoms with E-state index < -0.39 is 79.9 Å². The van der Waals surface area contributed by atoms with Gasteiger partial charge in [-0.15, -0.1) is 0 Å². The predicted molar refractivity (Wildman–Crippen MR) is 90.8 cm³/mol. The second-order valence-corrected chi connectivity index (χ2v) is 9.46. The van der Waals surface area contributed by atoms with Crippen LogP contribution >= 0.6 is 0 Å². The van der Waals surface area contributed by atoms with Crippen LogP contribution in [0.25, 0.3) is 0 Å². The van der Waals surface area contributed by atoms with E-state index in [0.717, 1.165) is 4.90 Å². The Morgan fingerprint density at radius 3 is 2.43 bits per heavy atom. The number of halogens is 4. The summed E-state index contributed by atoms with van der Waals surface area (Å²) in [5.41, 5.74) is 1.83. The van der Waals surface area contributed by atoms with Crippen molar-refractivity contribution in [1.82, 2.24) is 4.90 Å². The van der Waals surface area contributed by atoms with Crippen molar-refractivity contribution in [2.45, 2.75) is 41.2 Å². The van der Waals surface area contributed by atoms with E-state index in [9.17, 15) is 45.9 Å². The Hall–Kier alpha value is -2.72. The molecule has 30 heavy (non-hydrogen) atoms. The number of carbonyl (C=O) groups excluding carboxylic acids is 1. The van der Waals surface area contributed by atoms with Crippen LogP contribution in [-0.4, -0.2) is 54.2 Å². The molecule has 2 unspecified atom stereocenters. The minimum absolute atomic E-state index is 0.0585. The van der Waals surface area contributed by atoms with Gasteiger partial charge in [0, 0.05) is 12.6 Å². The molecule has 1 aromatic rings. The normalized spacial score (nSPS) is 29.4. The Bertz CT molecular complexity index is 1070. The van der Waals surface area contributed by atoms with Crippen LogP contribution in [0, 0.1) is 22.6 Å². The van der Waals surface area contributed by atoms with Crippen LogP contribution in [0.15, 0.2) is 23.1 Å². The molecule has 0 bridgehead atoms. The first-order valence-electron chi connectivity index (χ1n) is 8.56. The summed E-state index contributed by atoms with van der Waals surface area (Å²) in [5, 5.41) is 17.1. The van der Waals surface area contributed by atoms with Crippen molar-refractivity contribution >= 4 is 21.7 Å². The maximum Gasteiger partial charge on any atom is 0.417 e. The van der Waals surface area contributed by atoms with Gasteiger partial charge < -0.3 is 10.8 Å². The molecule has 1 aliphatic carbocycles. The van der Waals surface area contributed by atoms with Gasteiger partial charge in [-0.1, -0.05) is 0 Å². The molecule has 1 aromatic carbocycles. The third-order valence-electron chi connectivity index (χ3n) is 5.54. The van der Waals surface area contributed by atoms with Crippen LogP contribution in [0.4, 0.5) is 17.6 Å². The summed E-state index contributed by atoms with van der Waals surface area (Å²) in [5.74, 6) is -3.73. The summed E-state index contributed by atoms with van der Waals surface area (Å²) in [6.45, 7) is -0.519. The minimum atomic E-state index is -5.16. The number of primary amides is 1. The van der Waals surface area contributed by atoms with Gasteiger partial charge in [0.15, 0.2) is 15.3 Å². The number of rotatable bonds is 5. The van der Waals surface area contributed by atoms with E-state index >= 15 is 0 Å². The molecule has 3 rings (SSSR count). The van der Waals surface area contributed by atoms with Crippen LogP contribution in [-0.2, 0) is 25.6 Å². The number of hydrogen-bond donors (Lipinski definition) is 2. The summed E-state index contributed by atoms with van der Waals surface area (Å²) in [6.07, 6.45) is -5.84. The molecule has 2 fully saturated rings. The maximum atomic E-state index is 13.3. The van der Waals surface area contributed by atoms with E-state index in [1.807, 2.05) is 0 Å². The number of sulfone groups is 1. The second-order valence-electron chi connectivity index (χ2n) is 7.26. The Kier molecular flexibility index (Phi) is 5.07. The molecule has 0 spiro atoms. The molecule has 162 valence electrons. The summed E-state index contributed by atoms with van der Waals surface area (Å²) in [6, 6.07) is 0.421. The molecular weight excluding hydrogens is 434 g/mol. The Morgan fingerprint density at radius 1 is 1.33 bits per heavy atom. The number of hydrogen-bond acceptors (Lipinski definition) is 6. The number of likely N-dealkylation sites (tertiary alicyclic amines) is 1. The highest BCUT2D eigenvalue weighted by molar-refractivity contribution is 7.92. The molecule has 3 N–H and O–H groups in total. The van der Waals surface area contributed by atoms with Crippen LogP contribution in [0.3, 0.4) is 0 Å². The monoisotopic (exact) mass is 449 g/mol. The van der Waals surface area contributed by atoms with Gasteiger partial charge in [0.05, 0.1) is 21.8 Å². The summed E-state index contributed by atoms with van der Waals surface area (Å²) in [7, 11) is -4.73. The van der Waals surface area contributed by atoms with Crippen molar-refractivity contribution < 1.29 is 40.7 Å². The number of carbonyl (C=O) groups is 2. The molecule has 0 radical (unpaired) electrons. The molecular formula is C17H15F4N3O5S. The molecule has 1 saturated heterocycles. The zero-order valence-corrected chi connectivity index (χ0v) is 15.9. The third-order valence-corrected chi connectivity index (χ3v) is 7.73. The first kappa shape index (κ1) is 22.0. The van der Waals surface area contributed by atoms with E-state index in [2.05, 4.69) is 0 Å². The molecule has 0 aromatic heterocycles. The highest BCUT2D eigenvalue weighted by Crippen LogP contribution is 2.51. The number of nitrogens with two attached hydrogens (primary N) is 1. The van der Waals surface area contributed by atoms with Gasteiger partial charge in [0.25, 0.3) is 0 Å². The number of nitrogens with zero attached hydrogens (tertiary/aromatic N) is 2. The van der Waals surface area contributed by atoms with E-state index in [4.69, 9.17) is 5.73 Å². The molecule has 1 saturated carbocycles. The summed E-state index contributed by atoms with van der Waals surface area (Å²) < 4.78 is 79.0. The Labute approximate surface area is 167 Å². The SMILES string of the molecule is N#CC1(C(N)=O)CC1N1C[C@H](S(=O)(=O)c2ccc(F)cc2C(F)(F)F)C[C@H]1C(=O)O. The largest absolute Gasteiger partial charge is 0.480 e. The molecule has 1 amide bonds. The fourth-order valence-electron chi connectivity index (χ4n) is 3.87. The summed E-state index contributed by atoms with van der Waals surface area (Å²) in [4.78, 5) is 23.2. The van der Waals surface area contributed by atoms with Gasteiger partial charge in [0.1, 0.15) is 11.9 Å². The first-order valence-corrected chi connectivity index (χ1v) is 10.1. The molecule has 4 atom stereocenters. The van der Waals surface area contributed by atoms with Crippen molar-refractivity contribution in [1.29, 1.82) is 5.26 Å². The van der Waals surface area contributed by atoms with E-state index in [0.29, 0.717) is 12.1 Å². The lowest BCUT2D eigenvalue weighted by atomic mass is 10.1. The van der Waals surface area contributed by atoms with Gasteiger partial charge in [-0.05, 0) is 31.0 Å². The number of amides is 1. The smallest absolute Gasteiger partial charge is 0.417 e. The average molecular weight is 449 g/mol. The van der Waals surface area contributed by atoms with Crippen molar-refractivity contribution in [2.24, 2.45) is 11.1 Å². The first-order chi connectivity index (χ1) is 13.8. The van der Waals surface area contributed by atoms with Gasteiger partial charge in [-0.2, -0.15) is 18.4 Å². The summed E-state index contributed by atoms with van der Waals surface area (Å²) >= 11 is 0. The highest BCUT2D eigenvalue weighted by Gasteiger charge is 2.66. The van der Waals surface area contributed by atoms with E-state index in [-0.39, 0.29) is 12.5 Å². The van der Waals surface area contributed by atoms with Gasteiger partial charge in [-0.25, -0.2) is 12.8 Å². The van der Waals surface area contributed by atoms with Crippen LogP contribution in [0.1, 0.15) is 18.4 Å². The third kappa shape index (κ3) is 3.39. The lowest BCUT2D eigenvalue weighted by Gasteiger charge is -2.22.